The Hall–Kier alpha value is -3.48. The Kier molecular flexibility index (Phi) is 10.5. The van der Waals surface area contributed by atoms with Gasteiger partial charge in [-0.2, -0.15) is 13.2 Å². The van der Waals surface area contributed by atoms with E-state index in [0.717, 1.165) is 24.3 Å². The van der Waals surface area contributed by atoms with Gasteiger partial charge in [0, 0.05) is 18.0 Å². The van der Waals surface area contributed by atoms with Gasteiger partial charge in [-0.25, -0.2) is 13.2 Å². The fraction of sp³-hybridized carbons (Fsp3) is 0.344. The Morgan fingerprint density at radius 2 is 1.53 bits per heavy atom. The summed E-state index contributed by atoms with van der Waals surface area (Å²) in [6, 6.07) is 7.68. The maximum absolute atomic E-state index is 15.2. The van der Waals surface area contributed by atoms with E-state index in [9.17, 15) is 36.3 Å². The smallest absolute Gasteiger partial charge is 0.326 e. The summed E-state index contributed by atoms with van der Waals surface area (Å²) >= 11 is 18.7. The summed E-state index contributed by atoms with van der Waals surface area (Å²) < 4.78 is 81.3. The number of benzene rings is 3. The Balaban J connectivity index is 1.47. The van der Waals surface area contributed by atoms with Gasteiger partial charge in [-0.1, -0.05) is 38.4 Å². The minimum absolute atomic E-state index is 0.00259. The van der Waals surface area contributed by atoms with Crippen LogP contribution in [0, 0.1) is 28.8 Å². The van der Waals surface area contributed by atoms with Crippen LogP contribution in [-0.4, -0.2) is 22.1 Å². The molecule has 0 heterocycles. The number of hydrogen-bond acceptors (Lipinski definition) is 3. The van der Waals surface area contributed by atoms with Gasteiger partial charge in [-0.3, -0.25) is 14.4 Å². The fourth-order valence-electron chi connectivity index (χ4n) is 4.95. The highest BCUT2D eigenvalue weighted by Crippen LogP contribution is 2.65. The first kappa shape index (κ1) is 36.4. The minimum Gasteiger partial charge on any atom is -0.326 e. The molecule has 1 fully saturated rings. The molecule has 6 nitrogen and oxygen atoms in total. The second-order valence-corrected chi connectivity index (χ2v) is 14.1. The Labute approximate surface area is 281 Å². The Bertz CT molecular complexity index is 1730. The molecular weight excluding hydrogens is 695 g/mol. The number of halogens is 9. The summed E-state index contributed by atoms with van der Waals surface area (Å²) in [5, 5.41) is 6.81. The first-order chi connectivity index (χ1) is 21.7. The number of amides is 3. The average Bonchev–Trinajstić information content (AvgIpc) is 3.54. The lowest BCUT2D eigenvalue weighted by atomic mass is 9.90. The van der Waals surface area contributed by atoms with Crippen LogP contribution in [0.3, 0.4) is 0 Å². The average molecular weight is 723 g/mol. The summed E-state index contributed by atoms with van der Waals surface area (Å²) in [5.41, 5.74) is -3.15. The molecule has 252 valence electrons. The monoisotopic (exact) mass is 721 g/mol. The maximum Gasteiger partial charge on any atom is 0.419 e. The number of rotatable bonds is 9. The molecule has 1 saturated carbocycles. The molecule has 0 spiro atoms. The molecule has 3 N–H and O–H groups in total. The molecule has 0 radical (unpaired) electrons. The highest BCUT2D eigenvalue weighted by molar-refractivity contribution is 6.53. The van der Waals surface area contributed by atoms with Crippen LogP contribution in [0.2, 0.25) is 5.02 Å². The first-order valence-corrected chi connectivity index (χ1v) is 15.3. The zero-order valence-electron chi connectivity index (χ0n) is 25.0. The summed E-state index contributed by atoms with van der Waals surface area (Å²) in [6.45, 7) is 5.98. The fourth-order valence-corrected chi connectivity index (χ4v) is 5.98. The van der Waals surface area contributed by atoms with E-state index in [-0.39, 0.29) is 33.7 Å². The van der Waals surface area contributed by atoms with Gasteiger partial charge in [0.15, 0.2) is 5.82 Å². The third-order valence-corrected chi connectivity index (χ3v) is 8.67. The Morgan fingerprint density at radius 3 is 2.17 bits per heavy atom. The molecule has 4 rings (SSSR count). The van der Waals surface area contributed by atoms with Crippen molar-refractivity contribution in [2.24, 2.45) is 11.3 Å². The number of carbonyl (C=O) groups excluding carboxylic acids is 3. The van der Waals surface area contributed by atoms with E-state index in [4.69, 9.17) is 34.8 Å². The van der Waals surface area contributed by atoms with Crippen molar-refractivity contribution >= 4 is 69.6 Å². The van der Waals surface area contributed by atoms with E-state index < -0.39 is 74.5 Å². The standard InChI is InChI=1S/C32H28Cl3F6N3O3/c1-30(2,3)12-4-5-23(45)44-27-21(37)10-11-22(26(27)38)43-28(46)17-14-16(7-8-19(17)33)42-29(47)25-24(31(25,34)35)15-6-9-20(36)18(13-15)32(39,40)41/h6-11,13-14,24-25H,4-5,12H2,1-3H3,(H,42,47)(H,43,46)(H,44,45)/t24-,25+/m0/s1. The maximum atomic E-state index is 15.2. The number of hydrogen-bond donors (Lipinski definition) is 3. The molecule has 0 bridgehead atoms. The van der Waals surface area contributed by atoms with Crippen LogP contribution in [0.5, 0.6) is 0 Å². The number of alkyl halides is 5. The first-order valence-electron chi connectivity index (χ1n) is 14.1. The SMILES string of the molecule is CC(C)(C)CCCC(=O)Nc1c(F)ccc(NC(=O)c2cc(NC(=O)[C@H]3[C@H](c4ccc(F)c(C(F)(F)F)c4)C3(Cl)Cl)ccc2Cl)c1F. The van der Waals surface area contributed by atoms with Gasteiger partial charge < -0.3 is 16.0 Å². The molecule has 0 saturated heterocycles. The number of nitrogens with one attached hydrogen (secondary N) is 3. The summed E-state index contributed by atoms with van der Waals surface area (Å²) in [6.07, 6.45) is -3.77. The predicted octanol–water partition coefficient (Wildman–Crippen LogP) is 9.71. The van der Waals surface area contributed by atoms with Crippen molar-refractivity contribution in [1.29, 1.82) is 0 Å². The quantitative estimate of drug-likeness (QED) is 0.152. The van der Waals surface area contributed by atoms with Crippen molar-refractivity contribution in [2.45, 2.75) is 56.5 Å². The lowest BCUT2D eigenvalue weighted by Crippen LogP contribution is -2.19. The molecule has 0 aromatic heterocycles. The topological polar surface area (TPSA) is 87.3 Å². The van der Waals surface area contributed by atoms with Crippen molar-refractivity contribution in [3.63, 3.8) is 0 Å². The molecule has 3 amide bonds. The van der Waals surface area contributed by atoms with Gasteiger partial charge >= 0.3 is 6.18 Å². The largest absolute Gasteiger partial charge is 0.419 e. The van der Waals surface area contributed by atoms with Gasteiger partial charge in [0.1, 0.15) is 21.7 Å². The van der Waals surface area contributed by atoms with Gasteiger partial charge in [0.05, 0.1) is 27.8 Å². The minimum atomic E-state index is -4.99. The van der Waals surface area contributed by atoms with Crippen LogP contribution in [0.25, 0.3) is 0 Å². The third kappa shape index (κ3) is 8.52. The van der Waals surface area contributed by atoms with Crippen LogP contribution >= 0.6 is 34.8 Å². The van der Waals surface area contributed by atoms with Crippen molar-refractivity contribution in [2.75, 3.05) is 16.0 Å². The number of carbonyl (C=O) groups is 3. The van der Waals surface area contributed by atoms with Gasteiger partial charge in [0.2, 0.25) is 11.8 Å². The van der Waals surface area contributed by atoms with Crippen molar-refractivity contribution in [1.82, 2.24) is 0 Å². The van der Waals surface area contributed by atoms with Crippen molar-refractivity contribution in [3.8, 4) is 0 Å². The van der Waals surface area contributed by atoms with Crippen LogP contribution in [0.1, 0.15) is 67.4 Å². The van der Waals surface area contributed by atoms with Crippen LogP contribution in [-0.2, 0) is 15.8 Å². The molecule has 3 aromatic rings. The molecule has 1 aliphatic rings. The summed E-state index contributed by atoms with van der Waals surface area (Å²) in [7, 11) is 0. The summed E-state index contributed by atoms with van der Waals surface area (Å²) in [5.74, 6) is -8.56. The van der Waals surface area contributed by atoms with Crippen LogP contribution < -0.4 is 16.0 Å². The lowest BCUT2D eigenvalue weighted by Gasteiger charge is -2.17. The highest BCUT2D eigenvalue weighted by atomic mass is 35.5. The van der Waals surface area contributed by atoms with Gasteiger partial charge in [-0.15, -0.1) is 23.2 Å². The molecule has 0 unspecified atom stereocenters. The number of anilines is 3. The van der Waals surface area contributed by atoms with E-state index in [1.54, 1.807) is 0 Å². The van der Waals surface area contributed by atoms with E-state index in [2.05, 4.69) is 16.0 Å². The third-order valence-electron chi connectivity index (χ3n) is 7.40. The van der Waals surface area contributed by atoms with Crippen LogP contribution in [0.15, 0.2) is 48.5 Å². The molecule has 2 atom stereocenters. The Morgan fingerprint density at radius 1 is 0.872 bits per heavy atom. The predicted molar refractivity (Wildman–Crippen MR) is 168 cm³/mol. The van der Waals surface area contributed by atoms with Gasteiger partial charge in [0.25, 0.3) is 5.91 Å². The van der Waals surface area contributed by atoms with E-state index in [1.165, 1.54) is 12.1 Å². The van der Waals surface area contributed by atoms with E-state index >= 15 is 4.39 Å². The van der Waals surface area contributed by atoms with E-state index in [1.807, 2.05) is 20.8 Å². The highest BCUT2D eigenvalue weighted by Gasteiger charge is 2.67. The zero-order chi connectivity index (χ0) is 35.1. The molecule has 0 aliphatic heterocycles. The molecule has 15 heteroatoms. The second kappa shape index (κ2) is 13.6. The second-order valence-electron chi connectivity index (χ2n) is 12.3. The van der Waals surface area contributed by atoms with Crippen LogP contribution in [0.4, 0.5) is 43.4 Å². The van der Waals surface area contributed by atoms with Crippen molar-refractivity contribution < 1.29 is 40.7 Å². The normalized spacial score (nSPS) is 17.2. The molecule has 1 aliphatic carbocycles. The van der Waals surface area contributed by atoms with E-state index in [0.29, 0.717) is 25.0 Å². The molecule has 3 aromatic carbocycles. The lowest BCUT2D eigenvalue weighted by molar-refractivity contribution is -0.140. The zero-order valence-corrected chi connectivity index (χ0v) is 27.3. The molecule has 47 heavy (non-hydrogen) atoms. The van der Waals surface area contributed by atoms with Gasteiger partial charge in [-0.05, 0) is 66.3 Å². The molecular formula is C32H28Cl3F6N3O3. The van der Waals surface area contributed by atoms with Crippen molar-refractivity contribution in [3.05, 3.63) is 87.7 Å². The summed E-state index contributed by atoms with van der Waals surface area (Å²) in [4.78, 5) is 38.5.